The lowest BCUT2D eigenvalue weighted by molar-refractivity contribution is -0.191. The van der Waals surface area contributed by atoms with E-state index in [9.17, 15) is 15.3 Å². The fraction of sp³-hybridized carbons (Fsp3) is 1.00. The van der Waals surface area contributed by atoms with E-state index in [4.69, 9.17) is 19.7 Å². The Morgan fingerprint density at radius 1 is 0.577 bits per heavy atom. The van der Waals surface area contributed by atoms with Gasteiger partial charge in [0.2, 0.25) is 0 Å². The maximum atomic E-state index is 9.83. The smallest absolute Gasteiger partial charge is 0.155 e. The Morgan fingerprint density at radius 2 is 1.04 bits per heavy atom. The minimum atomic E-state index is -0.975. The molecule has 0 fully saturated rings. The van der Waals surface area contributed by atoms with Crippen molar-refractivity contribution in [3.63, 3.8) is 0 Å². The first-order valence-corrected chi connectivity index (χ1v) is 10.1. The van der Waals surface area contributed by atoms with Gasteiger partial charge in [-0.3, -0.25) is 0 Å². The molecule has 0 aromatic rings. The molecule has 158 valence electrons. The van der Waals surface area contributed by atoms with Gasteiger partial charge in [0.15, 0.2) is 12.6 Å². The summed E-state index contributed by atoms with van der Waals surface area (Å²) in [5.74, 6) is 0. The Hall–Kier alpha value is -0.280. The summed E-state index contributed by atoms with van der Waals surface area (Å²) in [6.07, 6.45) is 7.96. The Morgan fingerprint density at radius 3 is 1.58 bits per heavy atom. The molecule has 26 heavy (non-hydrogen) atoms. The van der Waals surface area contributed by atoms with Crippen molar-refractivity contribution in [2.24, 2.45) is 0 Å². The van der Waals surface area contributed by atoms with Crippen LogP contribution in [0.25, 0.3) is 0 Å². The van der Waals surface area contributed by atoms with Gasteiger partial charge in [-0.15, -0.1) is 0 Å². The molecule has 0 spiro atoms. The van der Waals surface area contributed by atoms with E-state index < -0.39 is 18.7 Å². The Labute approximate surface area is 158 Å². The van der Waals surface area contributed by atoms with Crippen LogP contribution in [0.15, 0.2) is 0 Å². The first kappa shape index (κ1) is 25.7. The summed E-state index contributed by atoms with van der Waals surface area (Å²) in [5.41, 5.74) is 0. The second-order valence-corrected chi connectivity index (χ2v) is 6.74. The lowest BCUT2D eigenvalue weighted by atomic mass is 10.1. The second-order valence-electron chi connectivity index (χ2n) is 6.74. The Bertz CT molecular complexity index is 279. The standard InChI is InChI=1S/C19H40O7/c20-13-9-5-3-1-2-4-7-11-18(23)25-16-17(15-22)26-19(24)12-8-6-10-14-21/h17-24H,1-16H2. The van der Waals surface area contributed by atoms with Crippen LogP contribution in [0.2, 0.25) is 0 Å². The molecule has 0 amide bonds. The van der Waals surface area contributed by atoms with Crippen LogP contribution in [0.1, 0.15) is 77.0 Å². The molecule has 0 saturated carbocycles. The molecular weight excluding hydrogens is 340 g/mol. The van der Waals surface area contributed by atoms with Crippen molar-refractivity contribution in [3.05, 3.63) is 0 Å². The fourth-order valence-electron chi connectivity index (χ4n) is 2.65. The van der Waals surface area contributed by atoms with Gasteiger partial charge >= 0.3 is 0 Å². The van der Waals surface area contributed by atoms with Crippen LogP contribution in [0.3, 0.4) is 0 Å². The number of unbranched alkanes of at least 4 members (excludes halogenated alkanes) is 8. The minimum Gasteiger partial charge on any atom is -0.396 e. The third-order valence-electron chi connectivity index (χ3n) is 4.25. The number of ether oxygens (including phenoxy) is 2. The van der Waals surface area contributed by atoms with Crippen LogP contribution >= 0.6 is 0 Å². The van der Waals surface area contributed by atoms with Gasteiger partial charge < -0.3 is 35.0 Å². The monoisotopic (exact) mass is 380 g/mol. The molecule has 0 aromatic carbocycles. The fourth-order valence-corrected chi connectivity index (χ4v) is 2.65. The molecule has 7 nitrogen and oxygen atoms in total. The van der Waals surface area contributed by atoms with Crippen molar-refractivity contribution in [3.8, 4) is 0 Å². The SMILES string of the molecule is OCCCCCCCCCC(O)OCC(CO)OC(O)CCCCCO. The van der Waals surface area contributed by atoms with Gasteiger partial charge in [0.05, 0.1) is 13.2 Å². The number of hydrogen-bond acceptors (Lipinski definition) is 7. The van der Waals surface area contributed by atoms with E-state index in [0.717, 1.165) is 57.8 Å². The van der Waals surface area contributed by atoms with E-state index in [1.807, 2.05) is 0 Å². The summed E-state index contributed by atoms with van der Waals surface area (Å²) in [7, 11) is 0. The molecule has 0 radical (unpaired) electrons. The predicted octanol–water partition coefficient (Wildman–Crippen LogP) is 1.68. The van der Waals surface area contributed by atoms with Gasteiger partial charge in [-0.2, -0.15) is 0 Å². The summed E-state index contributed by atoms with van der Waals surface area (Å²) in [6, 6.07) is 0. The lowest BCUT2D eigenvalue weighted by Crippen LogP contribution is -2.31. The average molecular weight is 381 g/mol. The van der Waals surface area contributed by atoms with Gasteiger partial charge in [-0.1, -0.05) is 38.5 Å². The van der Waals surface area contributed by atoms with Crippen molar-refractivity contribution in [1.29, 1.82) is 0 Å². The molecule has 5 N–H and O–H groups in total. The summed E-state index contributed by atoms with van der Waals surface area (Å²) >= 11 is 0. The lowest BCUT2D eigenvalue weighted by Gasteiger charge is -2.21. The summed E-state index contributed by atoms with van der Waals surface area (Å²) < 4.78 is 10.6. The average Bonchev–Trinajstić information content (AvgIpc) is 2.64. The van der Waals surface area contributed by atoms with Crippen molar-refractivity contribution < 1.29 is 35.0 Å². The van der Waals surface area contributed by atoms with E-state index >= 15 is 0 Å². The van der Waals surface area contributed by atoms with E-state index in [-0.39, 0.29) is 26.4 Å². The largest absolute Gasteiger partial charge is 0.396 e. The number of aliphatic hydroxyl groups is 5. The van der Waals surface area contributed by atoms with Crippen LogP contribution in [0.5, 0.6) is 0 Å². The third kappa shape index (κ3) is 17.1. The van der Waals surface area contributed by atoms with Crippen LogP contribution in [-0.4, -0.2) is 70.6 Å². The second kappa shape index (κ2) is 19.5. The van der Waals surface area contributed by atoms with Crippen LogP contribution < -0.4 is 0 Å². The van der Waals surface area contributed by atoms with Crippen LogP contribution in [-0.2, 0) is 9.47 Å². The van der Waals surface area contributed by atoms with Crippen molar-refractivity contribution in [1.82, 2.24) is 0 Å². The maximum Gasteiger partial charge on any atom is 0.155 e. The van der Waals surface area contributed by atoms with E-state index in [1.54, 1.807) is 0 Å². The highest BCUT2D eigenvalue weighted by molar-refractivity contribution is 4.58. The zero-order valence-electron chi connectivity index (χ0n) is 16.1. The molecule has 0 aliphatic carbocycles. The summed E-state index contributed by atoms with van der Waals surface area (Å²) in [6.45, 7) is 0.162. The van der Waals surface area contributed by atoms with Gasteiger partial charge in [-0.25, -0.2) is 0 Å². The highest BCUT2D eigenvalue weighted by Crippen LogP contribution is 2.12. The molecule has 0 aliphatic heterocycles. The Kier molecular flexibility index (Phi) is 19.3. The molecule has 0 heterocycles. The maximum absolute atomic E-state index is 9.83. The van der Waals surface area contributed by atoms with Crippen LogP contribution in [0.4, 0.5) is 0 Å². The van der Waals surface area contributed by atoms with Crippen molar-refractivity contribution in [2.45, 2.75) is 95.7 Å². The van der Waals surface area contributed by atoms with Gasteiger partial charge in [0.25, 0.3) is 0 Å². The highest BCUT2D eigenvalue weighted by atomic mass is 16.6. The number of hydrogen-bond donors (Lipinski definition) is 5. The summed E-state index contributed by atoms with van der Waals surface area (Å²) in [5, 5.41) is 46.3. The van der Waals surface area contributed by atoms with Crippen LogP contribution in [0, 0.1) is 0 Å². The number of aliphatic hydroxyl groups excluding tert-OH is 5. The zero-order valence-corrected chi connectivity index (χ0v) is 16.1. The first-order chi connectivity index (χ1) is 12.6. The number of rotatable bonds is 20. The minimum absolute atomic E-state index is 0.0343. The molecule has 0 bridgehead atoms. The molecule has 0 aliphatic rings. The molecule has 0 saturated heterocycles. The van der Waals surface area contributed by atoms with Gasteiger partial charge in [0, 0.05) is 13.2 Å². The molecule has 7 heteroatoms. The first-order valence-electron chi connectivity index (χ1n) is 10.1. The van der Waals surface area contributed by atoms with E-state index in [1.165, 1.54) is 0 Å². The quantitative estimate of drug-likeness (QED) is 0.161. The molecule has 3 atom stereocenters. The topological polar surface area (TPSA) is 120 Å². The van der Waals surface area contributed by atoms with Gasteiger partial charge in [0.1, 0.15) is 6.10 Å². The zero-order chi connectivity index (χ0) is 19.5. The van der Waals surface area contributed by atoms with E-state index in [2.05, 4.69) is 0 Å². The summed E-state index contributed by atoms with van der Waals surface area (Å²) in [4.78, 5) is 0. The molecule has 3 unspecified atom stereocenters. The molecule has 0 aromatic heterocycles. The van der Waals surface area contributed by atoms with E-state index in [0.29, 0.717) is 19.3 Å². The highest BCUT2D eigenvalue weighted by Gasteiger charge is 2.16. The molecular formula is C19H40O7. The molecule has 0 rings (SSSR count). The Balaban J connectivity index is 3.62. The van der Waals surface area contributed by atoms with Crippen molar-refractivity contribution in [2.75, 3.05) is 26.4 Å². The van der Waals surface area contributed by atoms with Crippen molar-refractivity contribution >= 4 is 0 Å². The van der Waals surface area contributed by atoms with Gasteiger partial charge in [-0.05, 0) is 38.5 Å². The third-order valence-corrected chi connectivity index (χ3v) is 4.25. The predicted molar refractivity (Wildman–Crippen MR) is 99.5 cm³/mol. The normalized spacial score (nSPS) is 15.1.